The monoisotopic (exact) mass is 324 g/mol. The van der Waals surface area contributed by atoms with E-state index in [9.17, 15) is 0 Å². The van der Waals surface area contributed by atoms with Crippen LogP contribution in [0, 0.1) is 12.8 Å². The van der Waals surface area contributed by atoms with Crippen LogP contribution in [0.2, 0.25) is 0 Å². The molecule has 0 unspecified atom stereocenters. The summed E-state index contributed by atoms with van der Waals surface area (Å²) in [5, 5.41) is 0.932. The fraction of sp³-hybridized carbons (Fsp3) is 0.625. The third-order valence-electron chi connectivity index (χ3n) is 4.16. The van der Waals surface area contributed by atoms with Crippen LogP contribution in [0.25, 0.3) is 0 Å². The van der Waals surface area contributed by atoms with E-state index >= 15 is 0 Å². The van der Waals surface area contributed by atoms with Crippen molar-refractivity contribution in [2.45, 2.75) is 25.1 Å². The van der Waals surface area contributed by atoms with Gasteiger partial charge in [0.1, 0.15) is 0 Å². The number of aryl methyl sites for hydroxylation is 1. The highest BCUT2D eigenvalue weighted by molar-refractivity contribution is 9.08. The molecule has 1 fully saturated rings. The maximum absolute atomic E-state index is 3.61. The van der Waals surface area contributed by atoms with E-state index in [0.29, 0.717) is 0 Å². The van der Waals surface area contributed by atoms with Gasteiger partial charge in [-0.3, -0.25) is 0 Å². The summed E-state index contributed by atoms with van der Waals surface area (Å²) >= 11 is 3.61. The van der Waals surface area contributed by atoms with Crippen molar-refractivity contribution in [2.24, 2.45) is 5.92 Å². The molecule has 1 aromatic carbocycles. The molecule has 1 saturated heterocycles. The summed E-state index contributed by atoms with van der Waals surface area (Å²) < 4.78 is 0. The van der Waals surface area contributed by atoms with Crippen LogP contribution >= 0.6 is 15.9 Å². The minimum Gasteiger partial charge on any atom is -0.374 e. The van der Waals surface area contributed by atoms with Crippen molar-refractivity contribution < 1.29 is 0 Å². The maximum Gasteiger partial charge on any atom is 0.0405 e. The smallest absolute Gasteiger partial charge is 0.0405 e. The Bertz CT molecular complexity index is 411. The van der Waals surface area contributed by atoms with E-state index in [0.717, 1.165) is 11.2 Å². The van der Waals surface area contributed by atoms with Gasteiger partial charge in [0, 0.05) is 24.6 Å². The first-order valence-corrected chi connectivity index (χ1v) is 8.27. The van der Waals surface area contributed by atoms with Gasteiger partial charge in [-0.2, -0.15) is 0 Å². The van der Waals surface area contributed by atoms with Crippen molar-refractivity contribution in [3.05, 3.63) is 29.3 Å². The number of piperidine rings is 1. The van der Waals surface area contributed by atoms with Gasteiger partial charge in [0.25, 0.3) is 0 Å². The highest BCUT2D eigenvalue weighted by Crippen LogP contribution is 2.26. The average Bonchev–Trinajstić information content (AvgIpc) is 2.41. The predicted octanol–water partition coefficient (Wildman–Crippen LogP) is 3.67. The second kappa shape index (κ2) is 6.76. The molecule has 0 aromatic heterocycles. The normalized spacial score (nSPS) is 17.7. The van der Waals surface area contributed by atoms with E-state index in [1.54, 1.807) is 0 Å². The Morgan fingerprint density at radius 3 is 2.63 bits per heavy atom. The van der Waals surface area contributed by atoms with Gasteiger partial charge in [-0.25, -0.2) is 0 Å². The Labute approximate surface area is 125 Å². The van der Waals surface area contributed by atoms with Gasteiger partial charge in [0.05, 0.1) is 0 Å². The number of benzene rings is 1. The predicted molar refractivity (Wildman–Crippen MR) is 87.3 cm³/mol. The van der Waals surface area contributed by atoms with Gasteiger partial charge in [0.15, 0.2) is 0 Å². The lowest BCUT2D eigenvalue weighted by Gasteiger charge is -2.33. The molecule has 0 amide bonds. The number of nitrogens with zero attached hydrogens (tertiary/aromatic N) is 2. The fourth-order valence-electron chi connectivity index (χ4n) is 2.92. The molecule has 106 valence electrons. The van der Waals surface area contributed by atoms with Crippen molar-refractivity contribution in [3.63, 3.8) is 0 Å². The molecular formula is C16H25BrN2. The van der Waals surface area contributed by atoms with E-state index in [4.69, 9.17) is 0 Å². The minimum atomic E-state index is 0.839. The summed E-state index contributed by atoms with van der Waals surface area (Å²) in [5.74, 6) is 0.839. The lowest BCUT2D eigenvalue weighted by molar-refractivity contribution is 0.222. The van der Waals surface area contributed by atoms with Crippen LogP contribution in [0.15, 0.2) is 18.2 Å². The SMILES string of the molecule is Cc1ccc(N(C)CC2CCN(C)CC2)c(CBr)c1. The molecule has 1 heterocycles. The first kappa shape index (κ1) is 14.9. The van der Waals surface area contributed by atoms with Gasteiger partial charge in [-0.05, 0) is 57.5 Å². The van der Waals surface area contributed by atoms with Crippen LogP contribution in [0.5, 0.6) is 0 Å². The Kier molecular flexibility index (Phi) is 5.28. The van der Waals surface area contributed by atoms with Crippen LogP contribution in [0.4, 0.5) is 5.69 Å². The number of anilines is 1. The lowest BCUT2D eigenvalue weighted by Crippen LogP contribution is -2.35. The van der Waals surface area contributed by atoms with E-state index in [-0.39, 0.29) is 0 Å². The molecule has 0 aliphatic carbocycles. The number of alkyl halides is 1. The van der Waals surface area contributed by atoms with Crippen LogP contribution in [-0.2, 0) is 5.33 Å². The average molecular weight is 325 g/mol. The fourth-order valence-corrected chi connectivity index (χ4v) is 3.37. The van der Waals surface area contributed by atoms with Crippen molar-refractivity contribution in [2.75, 3.05) is 38.6 Å². The molecule has 2 nitrogen and oxygen atoms in total. The van der Waals surface area contributed by atoms with E-state index < -0.39 is 0 Å². The standard InChI is InChI=1S/C16H25BrN2/c1-13-4-5-16(15(10-13)11-17)19(3)12-14-6-8-18(2)9-7-14/h4-5,10,14H,6-9,11-12H2,1-3H3. The lowest BCUT2D eigenvalue weighted by atomic mass is 9.96. The first-order chi connectivity index (χ1) is 9.10. The Hall–Kier alpha value is -0.540. The third-order valence-corrected chi connectivity index (χ3v) is 4.76. The quantitative estimate of drug-likeness (QED) is 0.780. The highest BCUT2D eigenvalue weighted by Gasteiger charge is 2.19. The summed E-state index contributed by atoms with van der Waals surface area (Å²) in [6.45, 7) is 5.83. The van der Waals surface area contributed by atoms with Gasteiger partial charge < -0.3 is 9.80 Å². The molecule has 0 saturated carbocycles. The van der Waals surface area contributed by atoms with Gasteiger partial charge in [0.2, 0.25) is 0 Å². The van der Waals surface area contributed by atoms with Crippen LogP contribution in [0.3, 0.4) is 0 Å². The molecule has 1 aromatic rings. The number of hydrogen-bond donors (Lipinski definition) is 0. The minimum absolute atomic E-state index is 0.839. The maximum atomic E-state index is 3.61. The molecule has 1 aliphatic heterocycles. The van der Waals surface area contributed by atoms with Crippen LogP contribution in [0.1, 0.15) is 24.0 Å². The topological polar surface area (TPSA) is 6.48 Å². The molecule has 0 radical (unpaired) electrons. The van der Waals surface area contributed by atoms with Crippen LogP contribution < -0.4 is 4.90 Å². The van der Waals surface area contributed by atoms with Crippen molar-refractivity contribution in [3.8, 4) is 0 Å². The second-order valence-corrected chi connectivity index (χ2v) is 6.45. The highest BCUT2D eigenvalue weighted by atomic mass is 79.9. The first-order valence-electron chi connectivity index (χ1n) is 7.15. The molecule has 1 aliphatic rings. The van der Waals surface area contributed by atoms with Crippen LogP contribution in [-0.4, -0.2) is 38.6 Å². The van der Waals surface area contributed by atoms with Gasteiger partial charge in [-0.15, -0.1) is 0 Å². The number of halogens is 1. The number of rotatable bonds is 4. The molecule has 3 heteroatoms. The van der Waals surface area contributed by atoms with Gasteiger partial charge >= 0.3 is 0 Å². The van der Waals surface area contributed by atoms with E-state index in [1.807, 2.05) is 0 Å². The largest absolute Gasteiger partial charge is 0.374 e. The zero-order valence-electron chi connectivity index (χ0n) is 12.3. The van der Waals surface area contributed by atoms with Crippen molar-refractivity contribution >= 4 is 21.6 Å². The molecule has 0 atom stereocenters. The molecular weight excluding hydrogens is 300 g/mol. The zero-order chi connectivity index (χ0) is 13.8. The molecule has 19 heavy (non-hydrogen) atoms. The summed E-state index contributed by atoms with van der Waals surface area (Å²) in [6.07, 6.45) is 2.66. The number of likely N-dealkylation sites (tertiary alicyclic amines) is 1. The summed E-state index contributed by atoms with van der Waals surface area (Å²) in [7, 11) is 4.46. The van der Waals surface area contributed by atoms with Gasteiger partial charge in [-0.1, -0.05) is 33.6 Å². The summed E-state index contributed by atoms with van der Waals surface area (Å²) in [6, 6.07) is 6.77. The Morgan fingerprint density at radius 2 is 2.00 bits per heavy atom. The third kappa shape index (κ3) is 3.96. The van der Waals surface area contributed by atoms with Crippen molar-refractivity contribution in [1.29, 1.82) is 0 Å². The van der Waals surface area contributed by atoms with E-state index in [2.05, 4.69) is 64.9 Å². The summed E-state index contributed by atoms with van der Waals surface area (Å²) in [5.41, 5.74) is 4.11. The molecule has 2 rings (SSSR count). The molecule has 0 bridgehead atoms. The second-order valence-electron chi connectivity index (χ2n) is 5.89. The van der Waals surface area contributed by atoms with Crippen molar-refractivity contribution in [1.82, 2.24) is 4.90 Å². The Balaban J connectivity index is 2.01. The van der Waals surface area contributed by atoms with E-state index in [1.165, 1.54) is 49.3 Å². The number of hydrogen-bond acceptors (Lipinski definition) is 2. The zero-order valence-corrected chi connectivity index (χ0v) is 13.9. The molecule has 0 N–H and O–H groups in total. The summed E-state index contributed by atoms with van der Waals surface area (Å²) in [4.78, 5) is 4.87. The Morgan fingerprint density at radius 1 is 1.32 bits per heavy atom. The molecule has 0 spiro atoms.